The average Bonchev–Trinajstić information content (AvgIpc) is 3.32. The van der Waals surface area contributed by atoms with Crippen molar-refractivity contribution in [2.24, 2.45) is 0 Å². The predicted molar refractivity (Wildman–Crippen MR) is 88.7 cm³/mol. The molecule has 1 atom stereocenters. The molecule has 1 aliphatic rings. The molecule has 1 saturated carbocycles. The quantitative estimate of drug-likeness (QED) is 0.797. The van der Waals surface area contributed by atoms with E-state index in [2.05, 4.69) is 10.6 Å². The number of urea groups is 1. The highest BCUT2D eigenvalue weighted by Gasteiger charge is 2.25. The summed E-state index contributed by atoms with van der Waals surface area (Å²) in [6.45, 7) is 2.74. The Morgan fingerprint density at radius 3 is 2.61 bits per heavy atom. The molecule has 3 amide bonds. The Bertz CT molecular complexity index is 546. The number of carbonyl (C=O) groups is 2. The number of carbonyl (C=O) groups excluding carboxylic acids is 2. The van der Waals surface area contributed by atoms with Crippen LogP contribution in [-0.4, -0.2) is 49.1 Å². The fourth-order valence-corrected chi connectivity index (χ4v) is 2.02. The molecule has 2 N–H and O–H groups in total. The molecular weight excluding hydrogens is 318 g/mol. The summed E-state index contributed by atoms with van der Waals surface area (Å²) in [4.78, 5) is 25.4. The minimum absolute atomic E-state index is 0.226. The molecule has 0 aromatic heterocycles. The van der Waals surface area contributed by atoms with Crippen LogP contribution in [0.25, 0.3) is 0 Å². The normalized spacial score (nSPS) is 15.1. The Hall–Kier alpha value is -1.79. The smallest absolute Gasteiger partial charge is 0.321 e. The summed E-state index contributed by atoms with van der Waals surface area (Å²) in [5, 5.41) is 5.74. The molecule has 0 saturated heterocycles. The van der Waals surface area contributed by atoms with E-state index in [9.17, 15) is 9.59 Å². The van der Waals surface area contributed by atoms with Gasteiger partial charge in [-0.25, -0.2) is 4.79 Å². The van der Waals surface area contributed by atoms with Crippen molar-refractivity contribution in [2.45, 2.75) is 31.8 Å². The van der Waals surface area contributed by atoms with Gasteiger partial charge in [0.05, 0.1) is 6.04 Å². The third kappa shape index (κ3) is 6.08. The monoisotopic (exact) mass is 339 g/mol. The first kappa shape index (κ1) is 17.6. The molecule has 23 heavy (non-hydrogen) atoms. The van der Waals surface area contributed by atoms with Gasteiger partial charge in [0.1, 0.15) is 12.4 Å². The third-order valence-electron chi connectivity index (χ3n) is 3.72. The first-order chi connectivity index (χ1) is 11.0. The number of halogens is 1. The van der Waals surface area contributed by atoms with Gasteiger partial charge in [0, 0.05) is 17.6 Å². The van der Waals surface area contributed by atoms with Crippen molar-refractivity contribution in [3.05, 3.63) is 29.3 Å². The van der Waals surface area contributed by atoms with E-state index >= 15 is 0 Å². The minimum Gasteiger partial charge on any atom is -0.492 e. The number of likely N-dealkylation sites (N-methyl/N-ethyl adjacent to an activating group) is 1. The Morgan fingerprint density at radius 1 is 1.35 bits per heavy atom. The van der Waals surface area contributed by atoms with E-state index in [-0.39, 0.29) is 11.9 Å². The van der Waals surface area contributed by atoms with Crippen LogP contribution in [0.3, 0.4) is 0 Å². The molecule has 126 valence electrons. The van der Waals surface area contributed by atoms with Crippen LogP contribution in [0.1, 0.15) is 19.8 Å². The topological polar surface area (TPSA) is 70.7 Å². The number of rotatable bonds is 7. The van der Waals surface area contributed by atoms with E-state index in [4.69, 9.17) is 16.3 Å². The third-order valence-corrected chi connectivity index (χ3v) is 3.97. The standard InChI is InChI=1S/C16H22ClN3O3/c1-11(15(21)19-16(22)18-13-5-6-13)20(2)9-10-23-14-7-3-12(17)4-8-14/h3-4,7-8,11,13H,5-6,9-10H2,1-2H3,(H2,18,19,21,22). The Labute approximate surface area is 141 Å². The molecule has 0 aliphatic heterocycles. The number of hydrogen-bond acceptors (Lipinski definition) is 4. The van der Waals surface area contributed by atoms with Gasteiger partial charge in [-0.3, -0.25) is 15.0 Å². The van der Waals surface area contributed by atoms with Crippen LogP contribution < -0.4 is 15.4 Å². The summed E-state index contributed by atoms with van der Waals surface area (Å²) in [5.74, 6) is 0.404. The van der Waals surface area contributed by atoms with Crippen LogP contribution in [0, 0.1) is 0 Å². The van der Waals surface area contributed by atoms with E-state index in [0.29, 0.717) is 18.2 Å². The van der Waals surface area contributed by atoms with E-state index < -0.39 is 12.1 Å². The summed E-state index contributed by atoms with van der Waals surface area (Å²) in [5.41, 5.74) is 0. The highest BCUT2D eigenvalue weighted by molar-refractivity contribution is 6.30. The zero-order valence-corrected chi connectivity index (χ0v) is 14.1. The molecule has 1 aromatic carbocycles. The molecule has 7 heteroatoms. The van der Waals surface area contributed by atoms with Crippen LogP contribution in [0.5, 0.6) is 5.75 Å². The average molecular weight is 340 g/mol. The largest absolute Gasteiger partial charge is 0.492 e. The van der Waals surface area contributed by atoms with Gasteiger partial charge in [-0.05, 0) is 51.1 Å². The summed E-state index contributed by atoms with van der Waals surface area (Å²) in [7, 11) is 1.81. The maximum atomic E-state index is 12.0. The van der Waals surface area contributed by atoms with Gasteiger partial charge in [0.15, 0.2) is 0 Å². The van der Waals surface area contributed by atoms with Gasteiger partial charge in [-0.2, -0.15) is 0 Å². The zero-order chi connectivity index (χ0) is 16.8. The van der Waals surface area contributed by atoms with Crippen molar-refractivity contribution in [3.63, 3.8) is 0 Å². The lowest BCUT2D eigenvalue weighted by Crippen LogP contribution is -2.49. The Kier molecular flexibility index (Phi) is 6.24. The summed E-state index contributed by atoms with van der Waals surface area (Å²) >= 11 is 5.81. The maximum Gasteiger partial charge on any atom is 0.321 e. The lowest BCUT2D eigenvalue weighted by molar-refractivity contribution is -0.124. The molecule has 6 nitrogen and oxygen atoms in total. The SMILES string of the molecule is CC(C(=O)NC(=O)NC1CC1)N(C)CCOc1ccc(Cl)cc1. The molecule has 0 spiro atoms. The highest BCUT2D eigenvalue weighted by Crippen LogP contribution is 2.18. The number of hydrogen-bond donors (Lipinski definition) is 2. The molecule has 1 unspecified atom stereocenters. The fourth-order valence-electron chi connectivity index (χ4n) is 1.90. The van der Waals surface area contributed by atoms with E-state index in [1.165, 1.54) is 0 Å². The number of nitrogens with one attached hydrogen (secondary N) is 2. The number of benzene rings is 1. The molecule has 0 bridgehead atoms. The molecular formula is C16H22ClN3O3. The summed E-state index contributed by atoms with van der Waals surface area (Å²) < 4.78 is 5.59. The molecule has 0 radical (unpaired) electrons. The number of amides is 3. The van der Waals surface area contributed by atoms with Crippen molar-refractivity contribution < 1.29 is 14.3 Å². The molecule has 1 aliphatic carbocycles. The second-order valence-electron chi connectivity index (χ2n) is 5.70. The van der Waals surface area contributed by atoms with Crippen LogP contribution in [0.15, 0.2) is 24.3 Å². The molecule has 1 aromatic rings. The van der Waals surface area contributed by atoms with Gasteiger partial charge >= 0.3 is 6.03 Å². The molecule has 1 fully saturated rings. The predicted octanol–water partition coefficient (Wildman–Crippen LogP) is 2.03. The zero-order valence-electron chi connectivity index (χ0n) is 13.3. The molecule has 0 heterocycles. The van der Waals surface area contributed by atoms with Crippen molar-refractivity contribution in [1.82, 2.24) is 15.5 Å². The Balaban J connectivity index is 1.68. The lowest BCUT2D eigenvalue weighted by Gasteiger charge is -2.23. The lowest BCUT2D eigenvalue weighted by atomic mass is 10.3. The fraction of sp³-hybridized carbons (Fsp3) is 0.500. The molecule has 2 rings (SSSR count). The van der Waals surface area contributed by atoms with E-state index in [0.717, 1.165) is 18.6 Å². The van der Waals surface area contributed by atoms with Crippen LogP contribution in [0.4, 0.5) is 4.79 Å². The maximum absolute atomic E-state index is 12.0. The van der Waals surface area contributed by atoms with E-state index in [1.807, 2.05) is 11.9 Å². The summed E-state index contributed by atoms with van der Waals surface area (Å²) in [6, 6.07) is 6.48. The number of nitrogens with zero attached hydrogens (tertiary/aromatic N) is 1. The van der Waals surface area contributed by atoms with Gasteiger partial charge in [-0.1, -0.05) is 11.6 Å². The van der Waals surface area contributed by atoms with Gasteiger partial charge in [0.25, 0.3) is 0 Å². The van der Waals surface area contributed by atoms with Crippen LogP contribution >= 0.6 is 11.6 Å². The minimum atomic E-state index is -0.422. The van der Waals surface area contributed by atoms with Crippen molar-refractivity contribution >= 4 is 23.5 Å². The first-order valence-electron chi connectivity index (χ1n) is 7.65. The van der Waals surface area contributed by atoms with Crippen molar-refractivity contribution in [3.8, 4) is 5.75 Å². The second kappa shape index (κ2) is 8.17. The van der Waals surface area contributed by atoms with Gasteiger partial charge in [-0.15, -0.1) is 0 Å². The highest BCUT2D eigenvalue weighted by atomic mass is 35.5. The second-order valence-corrected chi connectivity index (χ2v) is 6.13. The van der Waals surface area contributed by atoms with E-state index in [1.54, 1.807) is 31.2 Å². The van der Waals surface area contributed by atoms with Gasteiger partial charge < -0.3 is 10.1 Å². The first-order valence-corrected chi connectivity index (χ1v) is 8.03. The summed E-state index contributed by atoms with van der Waals surface area (Å²) in [6.07, 6.45) is 1.97. The van der Waals surface area contributed by atoms with Crippen LogP contribution in [0.2, 0.25) is 5.02 Å². The van der Waals surface area contributed by atoms with Crippen molar-refractivity contribution in [2.75, 3.05) is 20.2 Å². The number of imide groups is 1. The number of ether oxygens (including phenoxy) is 1. The van der Waals surface area contributed by atoms with Crippen LogP contribution in [-0.2, 0) is 4.79 Å². The van der Waals surface area contributed by atoms with Gasteiger partial charge in [0.2, 0.25) is 5.91 Å². The van der Waals surface area contributed by atoms with Crippen molar-refractivity contribution in [1.29, 1.82) is 0 Å². The Morgan fingerprint density at radius 2 is 2.00 bits per heavy atom.